The number of hydrogen-bond donors (Lipinski definition) is 3. The molecule has 0 fully saturated rings. The van der Waals surface area contributed by atoms with Crippen LogP contribution < -0.4 is 15.8 Å². The Balaban J connectivity index is 2.13. The van der Waals surface area contributed by atoms with Crippen LogP contribution in [0.15, 0.2) is 29.6 Å². The van der Waals surface area contributed by atoms with Crippen LogP contribution in [0.5, 0.6) is 0 Å². The molecule has 2 rings (SSSR count). The molecule has 0 saturated carbocycles. The van der Waals surface area contributed by atoms with Crippen molar-refractivity contribution in [3.05, 3.63) is 40.3 Å². The van der Waals surface area contributed by atoms with Gasteiger partial charge in [0.2, 0.25) is 10.0 Å². The molecule has 20 heavy (non-hydrogen) atoms. The van der Waals surface area contributed by atoms with E-state index in [0.29, 0.717) is 17.9 Å². The fourth-order valence-electron chi connectivity index (χ4n) is 1.59. The Kier molecular flexibility index (Phi) is 4.15. The fraction of sp³-hybridized carbons (Fsp3) is 0.167. The van der Waals surface area contributed by atoms with Crippen molar-refractivity contribution >= 4 is 38.4 Å². The first-order chi connectivity index (χ1) is 9.35. The number of rotatable bonds is 5. The largest absolute Gasteiger partial charge is 0.398 e. The average molecular weight is 315 g/mol. The molecule has 1 aromatic carbocycles. The van der Waals surface area contributed by atoms with E-state index in [-0.39, 0.29) is 5.69 Å². The van der Waals surface area contributed by atoms with E-state index in [2.05, 4.69) is 10.0 Å². The van der Waals surface area contributed by atoms with E-state index in [0.717, 1.165) is 11.1 Å². The standard InChI is InChI=1S/C12H14FN3O2S2/c1-20(17,18)16-11-6-8(2-3-9(11)13)15-7-12-10(14)4-5-19-12/h2-6,15-16H,7,14H2,1H3. The highest BCUT2D eigenvalue weighted by molar-refractivity contribution is 7.92. The highest BCUT2D eigenvalue weighted by Crippen LogP contribution is 2.23. The SMILES string of the molecule is CS(=O)(=O)Nc1cc(NCc2sccc2N)ccc1F. The second-order valence-electron chi connectivity index (χ2n) is 4.22. The molecule has 0 aliphatic heterocycles. The van der Waals surface area contributed by atoms with Gasteiger partial charge >= 0.3 is 0 Å². The number of halogens is 1. The average Bonchev–Trinajstić information content (AvgIpc) is 2.74. The summed E-state index contributed by atoms with van der Waals surface area (Å²) in [5.74, 6) is -0.628. The predicted octanol–water partition coefficient (Wildman–Crippen LogP) is 2.45. The van der Waals surface area contributed by atoms with Crippen LogP contribution in [0.1, 0.15) is 4.88 Å². The maximum absolute atomic E-state index is 13.5. The number of thiophene rings is 1. The van der Waals surface area contributed by atoms with Crippen molar-refractivity contribution in [1.82, 2.24) is 0 Å². The van der Waals surface area contributed by atoms with E-state index in [9.17, 15) is 12.8 Å². The topological polar surface area (TPSA) is 84.2 Å². The van der Waals surface area contributed by atoms with Crippen molar-refractivity contribution in [1.29, 1.82) is 0 Å². The van der Waals surface area contributed by atoms with Crippen LogP contribution in [0.4, 0.5) is 21.5 Å². The molecule has 4 N–H and O–H groups in total. The van der Waals surface area contributed by atoms with Crippen molar-refractivity contribution < 1.29 is 12.8 Å². The van der Waals surface area contributed by atoms with Crippen LogP contribution in [-0.4, -0.2) is 14.7 Å². The molecule has 0 amide bonds. The van der Waals surface area contributed by atoms with Gasteiger partial charge in [0.25, 0.3) is 0 Å². The van der Waals surface area contributed by atoms with Crippen molar-refractivity contribution in [2.24, 2.45) is 0 Å². The van der Waals surface area contributed by atoms with Crippen LogP contribution >= 0.6 is 11.3 Å². The zero-order chi connectivity index (χ0) is 14.8. The Hall–Kier alpha value is -1.80. The third kappa shape index (κ3) is 3.84. The number of hydrogen-bond acceptors (Lipinski definition) is 5. The zero-order valence-electron chi connectivity index (χ0n) is 10.7. The first-order valence-corrected chi connectivity index (χ1v) is 8.45. The highest BCUT2D eigenvalue weighted by atomic mass is 32.2. The molecule has 0 saturated heterocycles. The van der Waals surface area contributed by atoms with Crippen LogP contribution in [0, 0.1) is 5.82 Å². The number of nitrogens with two attached hydrogens (primary N) is 1. The van der Waals surface area contributed by atoms with Gasteiger partial charge in [-0.3, -0.25) is 4.72 Å². The van der Waals surface area contributed by atoms with Gasteiger partial charge in [0.15, 0.2) is 0 Å². The van der Waals surface area contributed by atoms with E-state index >= 15 is 0 Å². The minimum Gasteiger partial charge on any atom is -0.398 e. The third-order valence-electron chi connectivity index (χ3n) is 2.49. The maximum atomic E-state index is 13.5. The first kappa shape index (κ1) is 14.6. The summed E-state index contributed by atoms with van der Waals surface area (Å²) in [5, 5.41) is 4.95. The number of anilines is 3. The Morgan fingerprint density at radius 1 is 1.35 bits per heavy atom. The van der Waals surface area contributed by atoms with Crippen molar-refractivity contribution in [3.63, 3.8) is 0 Å². The minimum atomic E-state index is -3.52. The van der Waals surface area contributed by atoms with Crippen LogP contribution in [0.2, 0.25) is 0 Å². The van der Waals surface area contributed by atoms with Crippen LogP contribution in [0.25, 0.3) is 0 Å². The molecule has 1 aromatic heterocycles. The lowest BCUT2D eigenvalue weighted by Crippen LogP contribution is -2.11. The number of nitrogen functional groups attached to an aromatic ring is 1. The second-order valence-corrected chi connectivity index (χ2v) is 6.97. The van der Waals surface area contributed by atoms with Gasteiger partial charge in [0, 0.05) is 16.3 Å². The summed E-state index contributed by atoms with van der Waals surface area (Å²) in [6, 6.07) is 5.95. The second kappa shape index (κ2) is 5.68. The van der Waals surface area contributed by atoms with Gasteiger partial charge < -0.3 is 11.1 Å². The number of benzene rings is 1. The summed E-state index contributed by atoms with van der Waals surface area (Å²) >= 11 is 1.51. The third-order valence-corrected chi connectivity index (χ3v) is 4.02. The summed E-state index contributed by atoms with van der Waals surface area (Å²) in [4.78, 5) is 0.965. The van der Waals surface area contributed by atoms with Gasteiger partial charge in [-0.05, 0) is 29.6 Å². The number of sulfonamides is 1. The molecule has 0 spiro atoms. The molecule has 0 aliphatic rings. The molecule has 0 unspecified atom stereocenters. The summed E-state index contributed by atoms with van der Waals surface area (Å²) in [6.07, 6.45) is 0.971. The number of nitrogens with one attached hydrogen (secondary N) is 2. The van der Waals surface area contributed by atoms with Gasteiger partial charge in [0.1, 0.15) is 5.82 Å². The van der Waals surface area contributed by atoms with Gasteiger partial charge in [-0.2, -0.15) is 0 Å². The lowest BCUT2D eigenvalue weighted by molar-refractivity contribution is 0.604. The Morgan fingerprint density at radius 3 is 2.70 bits per heavy atom. The minimum absolute atomic E-state index is 0.0864. The van der Waals surface area contributed by atoms with Crippen LogP contribution in [0.3, 0.4) is 0 Å². The molecule has 108 valence electrons. The monoisotopic (exact) mass is 315 g/mol. The molecule has 5 nitrogen and oxygen atoms in total. The van der Waals surface area contributed by atoms with E-state index in [1.165, 1.54) is 29.5 Å². The molecular formula is C12H14FN3O2S2. The predicted molar refractivity (Wildman–Crippen MR) is 80.9 cm³/mol. The van der Waals surface area contributed by atoms with Crippen LogP contribution in [-0.2, 0) is 16.6 Å². The van der Waals surface area contributed by atoms with Crippen molar-refractivity contribution in [3.8, 4) is 0 Å². The highest BCUT2D eigenvalue weighted by Gasteiger charge is 2.09. The van der Waals surface area contributed by atoms with Gasteiger partial charge in [0.05, 0.1) is 18.5 Å². The van der Waals surface area contributed by atoms with Crippen molar-refractivity contribution in [2.45, 2.75) is 6.54 Å². The van der Waals surface area contributed by atoms with E-state index in [1.54, 1.807) is 0 Å². The Morgan fingerprint density at radius 2 is 2.10 bits per heavy atom. The summed E-state index contributed by atoms with van der Waals surface area (Å²) in [6.45, 7) is 0.493. The zero-order valence-corrected chi connectivity index (χ0v) is 12.3. The molecule has 2 aromatic rings. The molecule has 8 heteroatoms. The molecular weight excluding hydrogens is 301 g/mol. The van der Waals surface area contributed by atoms with E-state index in [1.807, 2.05) is 11.4 Å². The summed E-state index contributed by atoms with van der Waals surface area (Å²) in [7, 11) is -3.52. The maximum Gasteiger partial charge on any atom is 0.229 e. The molecule has 0 bridgehead atoms. The molecule has 0 atom stereocenters. The van der Waals surface area contributed by atoms with Gasteiger partial charge in [-0.15, -0.1) is 11.3 Å². The molecule has 1 heterocycles. The normalized spacial score (nSPS) is 11.3. The Labute approximate surface area is 120 Å². The lowest BCUT2D eigenvalue weighted by Gasteiger charge is -2.10. The summed E-state index contributed by atoms with van der Waals surface area (Å²) < 4.78 is 37.9. The fourth-order valence-corrected chi connectivity index (χ4v) is 2.88. The Bertz CT molecular complexity index is 713. The lowest BCUT2D eigenvalue weighted by atomic mass is 10.2. The smallest absolute Gasteiger partial charge is 0.229 e. The van der Waals surface area contributed by atoms with Crippen molar-refractivity contribution in [2.75, 3.05) is 22.0 Å². The summed E-state index contributed by atoms with van der Waals surface area (Å²) in [5.41, 5.74) is 6.97. The quantitative estimate of drug-likeness (QED) is 0.791. The molecule has 0 radical (unpaired) electrons. The van der Waals surface area contributed by atoms with Gasteiger partial charge in [-0.25, -0.2) is 12.8 Å². The van der Waals surface area contributed by atoms with E-state index in [4.69, 9.17) is 5.73 Å². The molecule has 0 aliphatic carbocycles. The first-order valence-electron chi connectivity index (χ1n) is 5.68. The van der Waals surface area contributed by atoms with E-state index < -0.39 is 15.8 Å². The van der Waals surface area contributed by atoms with Gasteiger partial charge in [-0.1, -0.05) is 0 Å².